The standard InChI is InChI=1S/C9H18N4/c1-9(2,3)7-5-6-8-10-12-13(4)11-8/h5-7H2,1-4H3. The highest BCUT2D eigenvalue weighted by Crippen LogP contribution is 2.21. The van der Waals surface area contributed by atoms with Crippen LogP contribution < -0.4 is 0 Å². The summed E-state index contributed by atoms with van der Waals surface area (Å²) in [6.45, 7) is 6.74. The quantitative estimate of drug-likeness (QED) is 0.712. The van der Waals surface area contributed by atoms with Gasteiger partial charge in [0, 0.05) is 6.42 Å². The maximum atomic E-state index is 4.12. The Bertz CT molecular complexity index is 259. The molecule has 0 atom stereocenters. The number of aryl methyl sites for hydroxylation is 2. The van der Waals surface area contributed by atoms with E-state index in [4.69, 9.17) is 0 Å². The maximum absolute atomic E-state index is 4.12. The molecule has 0 bridgehead atoms. The van der Waals surface area contributed by atoms with E-state index in [1.165, 1.54) is 11.2 Å². The lowest BCUT2D eigenvalue weighted by Crippen LogP contribution is -2.05. The molecule has 0 aliphatic heterocycles. The van der Waals surface area contributed by atoms with Crippen molar-refractivity contribution in [3.63, 3.8) is 0 Å². The Kier molecular flexibility index (Phi) is 3.01. The van der Waals surface area contributed by atoms with Gasteiger partial charge >= 0.3 is 0 Å². The summed E-state index contributed by atoms with van der Waals surface area (Å²) >= 11 is 0. The van der Waals surface area contributed by atoms with E-state index in [-0.39, 0.29) is 0 Å². The van der Waals surface area contributed by atoms with E-state index >= 15 is 0 Å². The Morgan fingerprint density at radius 3 is 2.46 bits per heavy atom. The minimum Gasteiger partial charge on any atom is -0.167 e. The second kappa shape index (κ2) is 3.85. The monoisotopic (exact) mass is 182 g/mol. The third kappa shape index (κ3) is 4.01. The molecule has 0 radical (unpaired) electrons. The molecule has 0 N–H and O–H groups in total. The number of nitrogens with zero attached hydrogens (tertiary/aromatic N) is 4. The van der Waals surface area contributed by atoms with Crippen LogP contribution in [0.4, 0.5) is 0 Å². The van der Waals surface area contributed by atoms with Gasteiger partial charge in [0.15, 0.2) is 5.82 Å². The van der Waals surface area contributed by atoms with Gasteiger partial charge < -0.3 is 0 Å². The molecular formula is C9H18N4. The van der Waals surface area contributed by atoms with Crippen LogP contribution in [0, 0.1) is 5.41 Å². The smallest absolute Gasteiger partial charge is 0.167 e. The van der Waals surface area contributed by atoms with Crippen LogP contribution in [-0.4, -0.2) is 20.2 Å². The number of rotatable bonds is 3. The number of hydrogen-bond donors (Lipinski definition) is 0. The van der Waals surface area contributed by atoms with Crippen LogP contribution in [0.2, 0.25) is 0 Å². The zero-order valence-corrected chi connectivity index (χ0v) is 8.91. The van der Waals surface area contributed by atoms with Crippen LogP contribution in [0.15, 0.2) is 0 Å². The molecule has 0 unspecified atom stereocenters. The first-order valence-electron chi connectivity index (χ1n) is 4.70. The van der Waals surface area contributed by atoms with Crippen molar-refractivity contribution in [2.45, 2.75) is 40.0 Å². The molecule has 0 fully saturated rings. The van der Waals surface area contributed by atoms with Crippen molar-refractivity contribution < 1.29 is 0 Å². The van der Waals surface area contributed by atoms with Crippen molar-refractivity contribution in [3.05, 3.63) is 5.82 Å². The lowest BCUT2D eigenvalue weighted by Gasteiger charge is -2.16. The van der Waals surface area contributed by atoms with Crippen LogP contribution in [-0.2, 0) is 13.5 Å². The van der Waals surface area contributed by atoms with Gasteiger partial charge in [0.25, 0.3) is 0 Å². The van der Waals surface area contributed by atoms with Gasteiger partial charge in [-0.3, -0.25) is 0 Å². The SMILES string of the molecule is Cn1nnc(CCCC(C)(C)C)n1. The third-order valence-corrected chi connectivity index (χ3v) is 1.88. The third-order valence-electron chi connectivity index (χ3n) is 1.88. The normalized spacial score (nSPS) is 12.0. The molecule has 74 valence electrons. The van der Waals surface area contributed by atoms with Crippen LogP contribution in [0.5, 0.6) is 0 Å². The molecule has 4 nitrogen and oxygen atoms in total. The Labute approximate surface area is 79.3 Å². The summed E-state index contributed by atoms with van der Waals surface area (Å²) in [7, 11) is 1.79. The summed E-state index contributed by atoms with van der Waals surface area (Å²) in [6.07, 6.45) is 3.27. The van der Waals surface area contributed by atoms with Crippen molar-refractivity contribution >= 4 is 0 Å². The average Bonchev–Trinajstić information content (AvgIpc) is 2.33. The van der Waals surface area contributed by atoms with Crippen molar-refractivity contribution in [3.8, 4) is 0 Å². The van der Waals surface area contributed by atoms with E-state index in [9.17, 15) is 0 Å². The van der Waals surface area contributed by atoms with Gasteiger partial charge in [-0.15, -0.1) is 10.2 Å². The summed E-state index contributed by atoms with van der Waals surface area (Å²) in [4.78, 5) is 1.51. The van der Waals surface area contributed by atoms with Gasteiger partial charge in [-0.1, -0.05) is 20.8 Å². The second-order valence-corrected chi connectivity index (χ2v) is 4.61. The van der Waals surface area contributed by atoms with E-state index in [0.29, 0.717) is 5.41 Å². The lowest BCUT2D eigenvalue weighted by atomic mass is 9.90. The molecule has 0 aromatic carbocycles. The molecular weight excluding hydrogens is 164 g/mol. The minimum absolute atomic E-state index is 0.405. The fourth-order valence-corrected chi connectivity index (χ4v) is 1.20. The molecule has 1 aromatic heterocycles. The molecule has 1 heterocycles. The fraction of sp³-hybridized carbons (Fsp3) is 0.889. The van der Waals surface area contributed by atoms with Gasteiger partial charge in [0.05, 0.1) is 7.05 Å². The maximum Gasteiger partial charge on any atom is 0.174 e. The molecule has 1 rings (SSSR count). The largest absolute Gasteiger partial charge is 0.174 e. The van der Waals surface area contributed by atoms with E-state index < -0.39 is 0 Å². The van der Waals surface area contributed by atoms with Crippen molar-refractivity contribution in [2.75, 3.05) is 0 Å². The van der Waals surface area contributed by atoms with Crippen LogP contribution >= 0.6 is 0 Å². The van der Waals surface area contributed by atoms with E-state index in [0.717, 1.165) is 18.7 Å². The van der Waals surface area contributed by atoms with Gasteiger partial charge in [-0.2, -0.15) is 4.80 Å². The molecule has 0 spiro atoms. The summed E-state index contributed by atoms with van der Waals surface area (Å²) in [5.74, 6) is 0.853. The molecule has 0 amide bonds. The van der Waals surface area contributed by atoms with E-state index in [2.05, 4.69) is 36.2 Å². The first kappa shape index (κ1) is 10.2. The molecule has 4 heteroatoms. The Morgan fingerprint density at radius 1 is 1.31 bits per heavy atom. The Hall–Kier alpha value is -0.930. The van der Waals surface area contributed by atoms with Gasteiger partial charge in [0.1, 0.15) is 0 Å². The average molecular weight is 182 g/mol. The topological polar surface area (TPSA) is 43.6 Å². The number of aromatic nitrogens is 4. The zero-order valence-electron chi connectivity index (χ0n) is 8.91. The minimum atomic E-state index is 0.405. The molecule has 0 aliphatic rings. The summed E-state index contributed by atoms with van der Waals surface area (Å²) in [5.41, 5.74) is 0.405. The highest BCUT2D eigenvalue weighted by molar-refractivity contribution is 4.77. The molecule has 1 aromatic rings. The van der Waals surface area contributed by atoms with Crippen molar-refractivity contribution in [1.82, 2.24) is 20.2 Å². The summed E-state index contributed by atoms with van der Waals surface area (Å²) < 4.78 is 0. The van der Waals surface area contributed by atoms with Crippen LogP contribution in [0.25, 0.3) is 0 Å². The lowest BCUT2D eigenvalue weighted by molar-refractivity contribution is 0.364. The Balaban J connectivity index is 2.28. The number of tetrazole rings is 1. The molecule has 0 aliphatic carbocycles. The second-order valence-electron chi connectivity index (χ2n) is 4.61. The van der Waals surface area contributed by atoms with Gasteiger partial charge in [0.2, 0.25) is 0 Å². The first-order valence-corrected chi connectivity index (χ1v) is 4.70. The van der Waals surface area contributed by atoms with Crippen LogP contribution in [0.1, 0.15) is 39.4 Å². The fourth-order valence-electron chi connectivity index (χ4n) is 1.20. The van der Waals surface area contributed by atoms with E-state index in [1.54, 1.807) is 7.05 Å². The number of hydrogen-bond acceptors (Lipinski definition) is 3. The summed E-state index contributed by atoms with van der Waals surface area (Å²) in [6, 6.07) is 0. The molecule has 0 saturated carbocycles. The molecule has 13 heavy (non-hydrogen) atoms. The molecule has 0 saturated heterocycles. The highest BCUT2D eigenvalue weighted by atomic mass is 15.6. The van der Waals surface area contributed by atoms with Crippen molar-refractivity contribution in [2.24, 2.45) is 12.5 Å². The van der Waals surface area contributed by atoms with Crippen LogP contribution in [0.3, 0.4) is 0 Å². The highest BCUT2D eigenvalue weighted by Gasteiger charge is 2.10. The Morgan fingerprint density at radius 2 is 2.00 bits per heavy atom. The zero-order chi connectivity index (χ0) is 9.90. The van der Waals surface area contributed by atoms with Gasteiger partial charge in [-0.05, 0) is 23.5 Å². The predicted octanol–water partition coefficient (Wildman–Crippen LogP) is 1.58. The van der Waals surface area contributed by atoms with Crippen molar-refractivity contribution in [1.29, 1.82) is 0 Å². The van der Waals surface area contributed by atoms with Gasteiger partial charge in [-0.25, -0.2) is 0 Å². The predicted molar refractivity (Wildman–Crippen MR) is 51.2 cm³/mol. The van der Waals surface area contributed by atoms with E-state index in [1.807, 2.05) is 0 Å². The summed E-state index contributed by atoms with van der Waals surface area (Å²) in [5, 5.41) is 11.8. The first-order chi connectivity index (χ1) is 5.97.